The lowest BCUT2D eigenvalue weighted by molar-refractivity contribution is -0.144. The van der Waals surface area contributed by atoms with Crippen LogP contribution in [0.4, 0.5) is 5.69 Å². The van der Waals surface area contributed by atoms with E-state index >= 15 is 0 Å². The van der Waals surface area contributed by atoms with Crippen LogP contribution in [0.5, 0.6) is 5.75 Å². The van der Waals surface area contributed by atoms with Crippen LogP contribution in [-0.2, 0) is 16.1 Å². The van der Waals surface area contributed by atoms with E-state index in [1.54, 1.807) is 30.2 Å². The van der Waals surface area contributed by atoms with E-state index in [1.807, 2.05) is 55.5 Å². The van der Waals surface area contributed by atoms with Crippen molar-refractivity contribution in [3.63, 3.8) is 0 Å². The molecule has 7 heteroatoms. The standard InChI is InChI=1S/C30H33N3O4/c1-3-36-25-13-11-23(12-14-25)29(32-17-15-31(16-18-32)24-8-5-4-6-9-24)28-27(34)20-22(2)33(30(28)35)21-26-10-7-19-37-26/h4-14,19-20,28-29H,3,15-18,21H2,1-2H3. The Balaban J connectivity index is 1.45. The molecule has 192 valence electrons. The Hall–Kier alpha value is -3.84. The molecule has 2 aliphatic heterocycles. The van der Waals surface area contributed by atoms with Gasteiger partial charge in [-0.1, -0.05) is 30.3 Å². The Bertz CT molecular complexity index is 1230. The monoisotopic (exact) mass is 499 g/mol. The molecule has 2 aliphatic rings. The Labute approximate surface area is 217 Å². The molecular formula is C30H33N3O4. The van der Waals surface area contributed by atoms with Gasteiger partial charge in [-0.15, -0.1) is 0 Å². The van der Waals surface area contributed by atoms with Crippen LogP contribution in [-0.4, -0.2) is 54.3 Å². The van der Waals surface area contributed by atoms with Gasteiger partial charge < -0.3 is 19.0 Å². The first-order valence-corrected chi connectivity index (χ1v) is 12.9. The van der Waals surface area contributed by atoms with E-state index in [0.717, 1.165) is 37.5 Å². The number of amides is 1. The number of anilines is 1. The molecular weight excluding hydrogens is 466 g/mol. The minimum Gasteiger partial charge on any atom is -0.494 e. The summed E-state index contributed by atoms with van der Waals surface area (Å²) in [6.45, 7) is 7.75. The number of piperazine rings is 1. The van der Waals surface area contributed by atoms with Crippen LogP contribution in [0.3, 0.4) is 0 Å². The Kier molecular flexibility index (Phi) is 7.42. The molecule has 5 rings (SSSR count). The number of rotatable bonds is 8. The predicted octanol–water partition coefficient (Wildman–Crippen LogP) is 4.67. The molecule has 0 radical (unpaired) electrons. The maximum absolute atomic E-state index is 13.9. The van der Waals surface area contributed by atoms with E-state index in [-0.39, 0.29) is 17.7 Å². The van der Waals surface area contributed by atoms with E-state index in [0.29, 0.717) is 24.6 Å². The minimum absolute atomic E-state index is 0.150. The van der Waals surface area contributed by atoms with Gasteiger partial charge in [0.25, 0.3) is 0 Å². The maximum Gasteiger partial charge on any atom is 0.240 e. The highest BCUT2D eigenvalue weighted by molar-refractivity contribution is 6.10. The van der Waals surface area contributed by atoms with Gasteiger partial charge in [-0.25, -0.2) is 0 Å². The molecule has 2 aromatic carbocycles. The number of carbonyl (C=O) groups is 2. The number of ether oxygens (including phenoxy) is 1. The highest BCUT2D eigenvalue weighted by Crippen LogP contribution is 2.37. The number of para-hydroxylation sites is 1. The van der Waals surface area contributed by atoms with Crippen molar-refractivity contribution < 1.29 is 18.7 Å². The number of hydrogen-bond donors (Lipinski definition) is 0. The van der Waals surface area contributed by atoms with Crippen molar-refractivity contribution in [1.29, 1.82) is 0 Å². The van der Waals surface area contributed by atoms with E-state index in [4.69, 9.17) is 9.15 Å². The lowest BCUT2D eigenvalue weighted by atomic mass is 9.84. The van der Waals surface area contributed by atoms with Crippen LogP contribution in [0.2, 0.25) is 0 Å². The third-order valence-corrected chi connectivity index (χ3v) is 7.19. The van der Waals surface area contributed by atoms with Crippen LogP contribution in [0, 0.1) is 5.92 Å². The number of allylic oxidation sites excluding steroid dienone is 2. The van der Waals surface area contributed by atoms with Crippen LogP contribution >= 0.6 is 0 Å². The SMILES string of the molecule is CCOc1ccc(C(C2C(=O)C=C(C)N(Cc3ccco3)C2=O)N2CCN(c3ccccc3)CC2)cc1. The van der Waals surface area contributed by atoms with Gasteiger partial charge in [-0.05, 0) is 55.8 Å². The first-order valence-electron chi connectivity index (χ1n) is 12.9. The largest absolute Gasteiger partial charge is 0.494 e. The van der Waals surface area contributed by atoms with E-state index < -0.39 is 5.92 Å². The smallest absolute Gasteiger partial charge is 0.240 e. The van der Waals surface area contributed by atoms with Gasteiger partial charge in [0.2, 0.25) is 5.91 Å². The van der Waals surface area contributed by atoms with E-state index in [1.165, 1.54) is 5.69 Å². The lowest BCUT2D eigenvalue weighted by Crippen LogP contribution is -2.53. The lowest BCUT2D eigenvalue weighted by Gasteiger charge is -2.44. The first-order chi connectivity index (χ1) is 18.0. The van der Waals surface area contributed by atoms with Crippen LogP contribution in [0.25, 0.3) is 0 Å². The second kappa shape index (κ2) is 11.0. The molecule has 1 amide bonds. The molecule has 0 spiro atoms. The van der Waals surface area contributed by atoms with Gasteiger partial charge in [-0.3, -0.25) is 14.5 Å². The van der Waals surface area contributed by atoms with Gasteiger partial charge in [0.1, 0.15) is 17.4 Å². The van der Waals surface area contributed by atoms with Gasteiger partial charge in [0.15, 0.2) is 5.78 Å². The number of ketones is 1. The van der Waals surface area contributed by atoms with E-state index in [2.05, 4.69) is 21.9 Å². The van der Waals surface area contributed by atoms with Crippen molar-refractivity contribution in [2.75, 3.05) is 37.7 Å². The zero-order chi connectivity index (χ0) is 25.8. The van der Waals surface area contributed by atoms with Crippen LogP contribution < -0.4 is 9.64 Å². The van der Waals surface area contributed by atoms with E-state index in [9.17, 15) is 9.59 Å². The molecule has 2 unspecified atom stereocenters. The topological polar surface area (TPSA) is 66.2 Å². The fourth-order valence-corrected chi connectivity index (χ4v) is 5.33. The second-order valence-electron chi connectivity index (χ2n) is 9.47. The molecule has 0 N–H and O–H groups in total. The molecule has 7 nitrogen and oxygen atoms in total. The predicted molar refractivity (Wildman–Crippen MR) is 142 cm³/mol. The molecule has 3 aromatic rings. The van der Waals surface area contributed by atoms with Crippen molar-refractivity contribution in [2.24, 2.45) is 5.92 Å². The average molecular weight is 500 g/mol. The van der Waals surface area contributed by atoms with Gasteiger partial charge in [-0.2, -0.15) is 0 Å². The maximum atomic E-state index is 13.9. The fraction of sp³-hybridized carbons (Fsp3) is 0.333. The molecule has 1 fully saturated rings. The zero-order valence-corrected chi connectivity index (χ0v) is 21.4. The average Bonchev–Trinajstić information content (AvgIpc) is 3.44. The van der Waals surface area contributed by atoms with Gasteiger partial charge >= 0.3 is 0 Å². The molecule has 1 saturated heterocycles. The Morgan fingerprint density at radius 1 is 0.946 bits per heavy atom. The van der Waals surface area contributed by atoms with Crippen LogP contribution in [0.1, 0.15) is 31.2 Å². The summed E-state index contributed by atoms with van der Waals surface area (Å²) in [5.74, 6) is 0.284. The summed E-state index contributed by atoms with van der Waals surface area (Å²) >= 11 is 0. The highest BCUT2D eigenvalue weighted by atomic mass is 16.5. The number of carbonyl (C=O) groups excluding carboxylic acids is 2. The Morgan fingerprint density at radius 2 is 1.68 bits per heavy atom. The first kappa shape index (κ1) is 24.8. The number of benzene rings is 2. The molecule has 37 heavy (non-hydrogen) atoms. The summed E-state index contributed by atoms with van der Waals surface area (Å²) in [5, 5.41) is 0. The molecule has 0 bridgehead atoms. The normalized spacial score (nSPS) is 19.6. The van der Waals surface area contributed by atoms with Crippen molar-refractivity contribution in [3.8, 4) is 5.75 Å². The zero-order valence-electron chi connectivity index (χ0n) is 21.4. The fourth-order valence-electron chi connectivity index (χ4n) is 5.33. The summed E-state index contributed by atoms with van der Waals surface area (Å²) < 4.78 is 11.2. The minimum atomic E-state index is -0.833. The molecule has 1 aromatic heterocycles. The molecule has 0 aliphatic carbocycles. The van der Waals surface area contributed by atoms with Crippen molar-refractivity contribution in [3.05, 3.63) is 96.1 Å². The second-order valence-corrected chi connectivity index (χ2v) is 9.47. The van der Waals surface area contributed by atoms with Crippen molar-refractivity contribution in [1.82, 2.24) is 9.80 Å². The molecule has 2 atom stereocenters. The summed E-state index contributed by atoms with van der Waals surface area (Å²) in [6.07, 6.45) is 3.21. The quantitative estimate of drug-likeness (QED) is 0.420. The van der Waals surface area contributed by atoms with Crippen molar-refractivity contribution >= 4 is 17.4 Å². The third-order valence-electron chi connectivity index (χ3n) is 7.19. The van der Waals surface area contributed by atoms with Crippen molar-refractivity contribution in [2.45, 2.75) is 26.4 Å². The van der Waals surface area contributed by atoms with Gasteiger partial charge in [0, 0.05) is 43.6 Å². The number of nitrogens with zero attached hydrogens (tertiary/aromatic N) is 3. The summed E-state index contributed by atoms with van der Waals surface area (Å²) in [7, 11) is 0. The number of hydrogen-bond acceptors (Lipinski definition) is 6. The molecule has 0 saturated carbocycles. The van der Waals surface area contributed by atoms with Crippen LogP contribution in [0.15, 0.2) is 89.2 Å². The molecule has 3 heterocycles. The third kappa shape index (κ3) is 5.32. The summed E-state index contributed by atoms with van der Waals surface area (Å²) in [6, 6.07) is 21.4. The van der Waals surface area contributed by atoms with Gasteiger partial charge in [0.05, 0.1) is 25.5 Å². The summed E-state index contributed by atoms with van der Waals surface area (Å²) in [4.78, 5) is 33.7. The Morgan fingerprint density at radius 3 is 2.32 bits per heavy atom. The summed E-state index contributed by atoms with van der Waals surface area (Å²) in [5.41, 5.74) is 2.77. The number of furan rings is 1. The highest BCUT2D eigenvalue weighted by Gasteiger charge is 2.44.